The first-order chi connectivity index (χ1) is 8.48. The minimum Gasteiger partial charge on any atom is -0.387 e. The fraction of sp³-hybridized carbons (Fsp3) is 0.500. The summed E-state index contributed by atoms with van der Waals surface area (Å²) in [7, 11) is 0. The van der Waals surface area contributed by atoms with Crippen LogP contribution in [0.4, 0.5) is 4.39 Å². The second-order valence-electron chi connectivity index (χ2n) is 5.18. The van der Waals surface area contributed by atoms with Gasteiger partial charge in [0.25, 0.3) is 0 Å². The van der Waals surface area contributed by atoms with E-state index < -0.39 is 17.3 Å². The van der Waals surface area contributed by atoms with E-state index in [1.54, 1.807) is 6.07 Å². The van der Waals surface area contributed by atoms with Crippen LogP contribution in [0.25, 0.3) is 0 Å². The lowest BCUT2D eigenvalue weighted by molar-refractivity contribution is 0.0638. The molecule has 4 heteroatoms. The van der Waals surface area contributed by atoms with Crippen molar-refractivity contribution >= 4 is 15.9 Å². The average Bonchev–Trinajstić information content (AvgIpc) is 2.74. The highest BCUT2D eigenvalue weighted by Crippen LogP contribution is 2.50. The Morgan fingerprint density at radius 2 is 2.33 bits per heavy atom. The standard InChI is InChI=1S/C14H15BrFNO/c1-9-4-5-14(7-9,8-17)13(18)11-6-10(16)2-3-12(11)15/h2-3,6,9,13,18H,4-5,7H2,1H3. The zero-order valence-electron chi connectivity index (χ0n) is 10.2. The number of aliphatic hydroxyl groups excluding tert-OH is 1. The molecule has 0 bridgehead atoms. The van der Waals surface area contributed by atoms with Crippen LogP contribution in [0.15, 0.2) is 22.7 Å². The van der Waals surface area contributed by atoms with E-state index in [2.05, 4.69) is 28.9 Å². The molecule has 3 atom stereocenters. The van der Waals surface area contributed by atoms with Gasteiger partial charge in [-0.05, 0) is 48.9 Å². The summed E-state index contributed by atoms with van der Waals surface area (Å²) in [6, 6.07) is 6.46. The second kappa shape index (κ2) is 4.99. The molecule has 1 fully saturated rings. The van der Waals surface area contributed by atoms with Crippen LogP contribution in [-0.4, -0.2) is 5.11 Å². The number of halogens is 2. The van der Waals surface area contributed by atoms with Gasteiger partial charge < -0.3 is 5.11 Å². The maximum Gasteiger partial charge on any atom is 0.123 e. The van der Waals surface area contributed by atoms with Crippen molar-refractivity contribution in [3.8, 4) is 6.07 Å². The molecule has 0 aromatic heterocycles. The van der Waals surface area contributed by atoms with Crippen molar-refractivity contribution in [1.82, 2.24) is 0 Å². The van der Waals surface area contributed by atoms with Crippen LogP contribution in [0, 0.1) is 28.5 Å². The van der Waals surface area contributed by atoms with E-state index in [1.807, 2.05) is 0 Å². The molecule has 0 heterocycles. The Balaban J connectivity index is 2.38. The SMILES string of the molecule is CC1CCC(C#N)(C(O)c2cc(F)ccc2Br)C1. The third-order valence-electron chi connectivity index (χ3n) is 3.79. The van der Waals surface area contributed by atoms with Gasteiger partial charge in [0.2, 0.25) is 0 Å². The van der Waals surface area contributed by atoms with Gasteiger partial charge in [-0.25, -0.2) is 4.39 Å². The Morgan fingerprint density at radius 3 is 2.89 bits per heavy atom. The lowest BCUT2D eigenvalue weighted by Crippen LogP contribution is -2.25. The molecule has 1 aromatic carbocycles. The minimum absolute atomic E-state index is 0.397. The Kier molecular flexibility index (Phi) is 3.74. The van der Waals surface area contributed by atoms with E-state index >= 15 is 0 Å². The number of nitrogens with zero attached hydrogens (tertiary/aromatic N) is 1. The van der Waals surface area contributed by atoms with Crippen LogP contribution in [0.5, 0.6) is 0 Å². The first-order valence-electron chi connectivity index (χ1n) is 6.03. The van der Waals surface area contributed by atoms with Gasteiger partial charge in [0.15, 0.2) is 0 Å². The molecule has 2 nitrogen and oxygen atoms in total. The van der Waals surface area contributed by atoms with Gasteiger partial charge in [-0.1, -0.05) is 22.9 Å². The molecule has 2 rings (SSSR count). The molecule has 0 spiro atoms. The third kappa shape index (κ3) is 2.30. The first kappa shape index (κ1) is 13.5. The van der Waals surface area contributed by atoms with Crippen molar-refractivity contribution in [3.63, 3.8) is 0 Å². The van der Waals surface area contributed by atoms with Crippen molar-refractivity contribution in [1.29, 1.82) is 5.26 Å². The molecule has 1 aromatic rings. The number of aliphatic hydroxyl groups is 1. The summed E-state index contributed by atoms with van der Waals surface area (Å²) in [5, 5.41) is 19.9. The molecule has 0 saturated heterocycles. The summed E-state index contributed by atoms with van der Waals surface area (Å²) in [6.45, 7) is 2.08. The maximum atomic E-state index is 13.3. The van der Waals surface area contributed by atoms with E-state index in [0.717, 1.165) is 6.42 Å². The van der Waals surface area contributed by atoms with E-state index in [4.69, 9.17) is 0 Å². The molecular weight excluding hydrogens is 297 g/mol. The summed E-state index contributed by atoms with van der Waals surface area (Å²) in [4.78, 5) is 0. The number of benzene rings is 1. The molecule has 1 aliphatic carbocycles. The zero-order valence-corrected chi connectivity index (χ0v) is 11.7. The predicted octanol–water partition coefficient (Wildman–Crippen LogP) is 3.95. The van der Waals surface area contributed by atoms with Crippen molar-refractivity contribution in [2.24, 2.45) is 11.3 Å². The fourth-order valence-electron chi connectivity index (χ4n) is 2.76. The van der Waals surface area contributed by atoms with E-state index in [0.29, 0.717) is 28.8 Å². The zero-order chi connectivity index (χ0) is 13.3. The number of hydrogen-bond acceptors (Lipinski definition) is 2. The molecule has 96 valence electrons. The summed E-state index contributed by atoms with van der Waals surface area (Å²) >= 11 is 3.31. The van der Waals surface area contributed by atoms with Crippen molar-refractivity contribution in [2.75, 3.05) is 0 Å². The monoisotopic (exact) mass is 311 g/mol. The first-order valence-corrected chi connectivity index (χ1v) is 6.82. The van der Waals surface area contributed by atoms with Crippen LogP contribution < -0.4 is 0 Å². The molecule has 0 aliphatic heterocycles. The Morgan fingerprint density at radius 1 is 1.61 bits per heavy atom. The molecule has 3 unspecified atom stereocenters. The molecular formula is C14H15BrFNO. The van der Waals surface area contributed by atoms with Gasteiger partial charge in [0.1, 0.15) is 5.82 Å². The van der Waals surface area contributed by atoms with Crippen LogP contribution in [0.3, 0.4) is 0 Å². The number of rotatable bonds is 2. The fourth-order valence-corrected chi connectivity index (χ4v) is 3.23. The molecule has 18 heavy (non-hydrogen) atoms. The van der Waals surface area contributed by atoms with Crippen molar-refractivity contribution in [3.05, 3.63) is 34.1 Å². The Labute approximate surface area is 115 Å². The van der Waals surface area contributed by atoms with Gasteiger partial charge in [-0.2, -0.15) is 5.26 Å². The highest BCUT2D eigenvalue weighted by atomic mass is 79.9. The predicted molar refractivity (Wildman–Crippen MR) is 70.1 cm³/mol. The Bertz CT molecular complexity index is 499. The third-order valence-corrected chi connectivity index (χ3v) is 4.52. The van der Waals surface area contributed by atoms with Crippen LogP contribution in [0.2, 0.25) is 0 Å². The Hall–Kier alpha value is -0.920. The number of hydrogen-bond donors (Lipinski definition) is 1. The van der Waals surface area contributed by atoms with Crippen molar-refractivity contribution in [2.45, 2.75) is 32.3 Å². The second-order valence-corrected chi connectivity index (χ2v) is 6.04. The largest absolute Gasteiger partial charge is 0.387 e. The van der Waals surface area contributed by atoms with Gasteiger partial charge in [0, 0.05) is 4.47 Å². The summed E-state index contributed by atoms with van der Waals surface area (Å²) in [5.74, 6) is 0.0259. The van der Waals surface area contributed by atoms with Crippen LogP contribution in [0.1, 0.15) is 37.9 Å². The lowest BCUT2D eigenvalue weighted by Gasteiger charge is -2.28. The van der Waals surface area contributed by atoms with E-state index in [1.165, 1.54) is 12.1 Å². The topological polar surface area (TPSA) is 44.0 Å². The molecule has 1 N–H and O–H groups in total. The van der Waals surface area contributed by atoms with Gasteiger partial charge in [0.05, 0.1) is 17.6 Å². The van der Waals surface area contributed by atoms with Gasteiger partial charge >= 0.3 is 0 Å². The normalized spacial score (nSPS) is 28.9. The van der Waals surface area contributed by atoms with Crippen LogP contribution >= 0.6 is 15.9 Å². The smallest absolute Gasteiger partial charge is 0.123 e. The summed E-state index contributed by atoms with van der Waals surface area (Å²) < 4.78 is 13.9. The van der Waals surface area contributed by atoms with Gasteiger partial charge in [-0.15, -0.1) is 0 Å². The molecule has 0 radical (unpaired) electrons. The molecule has 1 aliphatic rings. The van der Waals surface area contributed by atoms with E-state index in [-0.39, 0.29) is 0 Å². The highest BCUT2D eigenvalue weighted by molar-refractivity contribution is 9.10. The minimum atomic E-state index is -0.947. The van der Waals surface area contributed by atoms with Crippen molar-refractivity contribution < 1.29 is 9.50 Å². The molecule has 1 saturated carbocycles. The summed E-state index contributed by atoms with van der Waals surface area (Å²) in [6.07, 6.45) is 1.30. The number of nitriles is 1. The average molecular weight is 312 g/mol. The highest BCUT2D eigenvalue weighted by Gasteiger charge is 2.45. The maximum absolute atomic E-state index is 13.3. The quantitative estimate of drug-likeness (QED) is 0.898. The van der Waals surface area contributed by atoms with Crippen LogP contribution in [-0.2, 0) is 0 Å². The lowest BCUT2D eigenvalue weighted by atomic mass is 9.78. The van der Waals surface area contributed by atoms with E-state index in [9.17, 15) is 14.8 Å². The molecule has 0 amide bonds. The summed E-state index contributed by atoms with van der Waals surface area (Å²) in [5.41, 5.74) is -0.318. The van der Waals surface area contributed by atoms with Gasteiger partial charge in [-0.3, -0.25) is 0 Å².